The van der Waals surface area contributed by atoms with Crippen molar-refractivity contribution in [1.82, 2.24) is 19.1 Å². The number of aromatic nitrogens is 4. The summed E-state index contributed by atoms with van der Waals surface area (Å²) in [5.41, 5.74) is 1.18. The predicted molar refractivity (Wildman–Crippen MR) is 83.3 cm³/mol. The quantitative estimate of drug-likeness (QED) is 0.786. The van der Waals surface area contributed by atoms with Crippen LogP contribution in [0.25, 0.3) is 11.4 Å². The number of hydrogen-bond acceptors (Lipinski definition) is 5. The van der Waals surface area contributed by atoms with Gasteiger partial charge in [-0.3, -0.25) is 4.68 Å². The Bertz CT molecular complexity index is 716. The molecule has 1 aliphatic rings. The van der Waals surface area contributed by atoms with Gasteiger partial charge in [0.05, 0.1) is 5.54 Å². The van der Waals surface area contributed by atoms with Gasteiger partial charge in [-0.05, 0) is 18.9 Å². The molecule has 1 aliphatic carbocycles. The third kappa shape index (κ3) is 2.42. The molecule has 0 bridgehead atoms. The number of nitrogens with one attached hydrogen (secondary N) is 1. The largest absolute Gasteiger partial charge is 0.358 e. The molecule has 21 heavy (non-hydrogen) atoms. The molecule has 3 aromatic rings. The molecule has 0 radical (unpaired) electrons. The van der Waals surface area contributed by atoms with E-state index >= 15 is 0 Å². The van der Waals surface area contributed by atoms with Crippen LogP contribution in [-0.2, 0) is 5.54 Å². The lowest BCUT2D eigenvalue weighted by Gasteiger charge is -2.15. The Morgan fingerprint density at radius 1 is 1.19 bits per heavy atom. The summed E-state index contributed by atoms with van der Waals surface area (Å²) in [5, 5.41) is 8.64. The summed E-state index contributed by atoms with van der Waals surface area (Å²) in [6.45, 7) is 0.845. The van der Waals surface area contributed by atoms with E-state index < -0.39 is 0 Å². The molecule has 106 valence electrons. The molecule has 4 rings (SSSR count). The van der Waals surface area contributed by atoms with Crippen molar-refractivity contribution < 1.29 is 0 Å². The first-order valence-electron chi connectivity index (χ1n) is 6.99. The zero-order valence-corrected chi connectivity index (χ0v) is 12.3. The Kier molecular flexibility index (Phi) is 2.96. The van der Waals surface area contributed by atoms with Gasteiger partial charge in [-0.15, -0.1) is 0 Å². The monoisotopic (exact) mass is 297 g/mol. The van der Waals surface area contributed by atoms with E-state index in [1.54, 1.807) is 0 Å². The van der Waals surface area contributed by atoms with Crippen LogP contribution in [0.2, 0.25) is 0 Å². The molecule has 0 amide bonds. The van der Waals surface area contributed by atoms with Crippen LogP contribution in [0.1, 0.15) is 12.8 Å². The van der Waals surface area contributed by atoms with E-state index in [2.05, 4.69) is 24.5 Å². The van der Waals surface area contributed by atoms with Crippen LogP contribution in [0.3, 0.4) is 0 Å². The van der Waals surface area contributed by atoms with E-state index in [1.807, 2.05) is 48.8 Å². The first kappa shape index (κ1) is 12.5. The Morgan fingerprint density at radius 2 is 2.05 bits per heavy atom. The molecule has 1 N–H and O–H groups in total. The van der Waals surface area contributed by atoms with Gasteiger partial charge >= 0.3 is 0 Å². The number of nitrogens with zero attached hydrogens (tertiary/aromatic N) is 4. The van der Waals surface area contributed by atoms with E-state index in [0.29, 0.717) is 0 Å². The number of hydrogen-bond donors (Lipinski definition) is 1. The summed E-state index contributed by atoms with van der Waals surface area (Å²) < 4.78 is 6.47. The van der Waals surface area contributed by atoms with Gasteiger partial charge in [-0.1, -0.05) is 30.3 Å². The highest BCUT2D eigenvalue weighted by atomic mass is 32.1. The van der Waals surface area contributed by atoms with Gasteiger partial charge in [0.15, 0.2) is 5.82 Å². The summed E-state index contributed by atoms with van der Waals surface area (Å²) in [6.07, 6.45) is 6.18. The van der Waals surface area contributed by atoms with Gasteiger partial charge in [-0.2, -0.15) is 14.5 Å². The lowest BCUT2D eigenvalue weighted by atomic mass is 10.2. The van der Waals surface area contributed by atoms with Crippen molar-refractivity contribution in [3.63, 3.8) is 0 Å². The lowest BCUT2D eigenvalue weighted by Crippen LogP contribution is -2.26. The van der Waals surface area contributed by atoms with Crippen LogP contribution in [0, 0.1) is 0 Å². The van der Waals surface area contributed by atoms with E-state index in [4.69, 9.17) is 0 Å². The SMILES string of the molecule is c1ccc(-c2nsc(NCC3(n4cccn4)CC3)n2)cc1. The zero-order valence-electron chi connectivity index (χ0n) is 11.4. The maximum absolute atomic E-state index is 4.56. The minimum absolute atomic E-state index is 0.127. The van der Waals surface area contributed by atoms with Crippen molar-refractivity contribution in [2.75, 3.05) is 11.9 Å². The molecular formula is C15H15N5S. The summed E-state index contributed by atoms with van der Waals surface area (Å²) in [7, 11) is 0. The van der Waals surface area contributed by atoms with Crippen LogP contribution < -0.4 is 5.32 Å². The summed E-state index contributed by atoms with van der Waals surface area (Å²) in [6, 6.07) is 12.0. The predicted octanol–water partition coefficient (Wildman–Crippen LogP) is 3.00. The van der Waals surface area contributed by atoms with Crippen molar-refractivity contribution >= 4 is 16.7 Å². The fourth-order valence-electron chi connectivity index (χ4n) is 2.42. The van der Waals surface area contributed by atoms with Crippen molar-refractivity contribution in [2.24, 2.45) is 0 Å². The molecule has 5 nitrogen and oxygen atoms in total. The average Bonchev–Trinajstić information content (AvgIpc) is 2.98. The van der Waals surface area contributed by atoms with Crippen LogP contribution in [-0.4, -0.2) is 25.7 Å². The molecule has 0 aliphatic heterocycles. The molecule has 0 spiro atoms. The first-order valence-corrected chi connectivity index (χ1v) is 7.76. The Labute approximate surface area is 126 Å². The third-order valence-corrected chi connectivity index (χ3v) is 4.52. The number of rotatable bonds is 5. The maximum atomic E-state index is 4.56. The summed E-state index contributed by atoms with van der Waals surface area (Å²) in [5.74, 6) is 0.784. The van der Waals surface area contributed by atoms with E-state index in [0.717, 1.165) is 35.9 Å². The van der Waals surface area contributed by atoms with Crippen molar-refractivity contribution in [1.29, 1.82) is 0 Å². The van der Waals surface area contributed by atoms with Gasteiger partial charge < -0.3 is 5.32 Å². The molecule has 2 aromatic heterocycles. The maximum Gasteiger partial charge on any atom is 0.202 e. The molecule has 2 heterocycles. The van der Waals surface area contributed by atoms with Gasteiger partial charge in [0.2, 0.25) is 5.13 Å². The van der Waals surface area contributed by atoms with E-state index in [9.17, 15) is 0 Å². The normalized spacial score (nSPS) is 15.8. The second-order valence-corrected chi connectivity index (χ2v) is 6.07. The second kappa shape index (κ2) is 4.96. The number of benzene rings is 1. The second-order valence-electron chi connectivity index (χ2n) is 5.32. The summed E-state index contributed by atoms with van der Waals surface area (Å²) in [4.78, 5) is 4.56. The van der Waals surface area contributed by atoms with Crippen LogP contribution in [0.5, 0.6) is 0 Å². The van der Waals surface area contributed by atoms with Gasteiger partial charge in [0, 0.05) is 36.0 Å². The van der Waals surface area contributed by atoms with Crippen LogP contribution >= 0.6 is 11.5 Å². The molecule has 1 saturated carbocycles. The standard InChI is InChI=1S/C15H15N5S/c1-2-5-12(6-3-1)13-18-14(21-19-13)16-11-15(7-8-15)20-10-4-9-17-20/h1-6,9-10H,7-8,11H2,(H,16,18,19). The molecule has 0 atom stereocenters. The first-order chi connectivity index (χ1) is 10.4. The Balaban J connectivity index is 1.46. The third-order valence-electron chi connectivity index (χ3n) is 3.84. The zero-order chi connectivity index (χ0) is 14.1. The molecule has 1 fully saturated rings. The van der Waals surface area contributed by atoms with E-state index in [1.165, 1.54) is 11.5 Å². The Morgan fingerprint density at radius 3 is 2.76 bits per heavy atom. The highest BCUT2D eigenvalue weighted by molar-refractivity contribution is 7.09. The van der Waals surface area contributed by atoms with Crippen molar-refractivity contribution in [2.45, 2.75) is 18.4 Å². The fraction of sp³-hybridized carbons (Fsp3) is 0.267. The molecule has 0 saturated heterocycles. The van der Waals surface area contributed by atoms with Crippen LogP contribution in [0.4, 0.5) is 5.13 Å². The van der Waals surface area contributed by atoms with Crippen molar-refractivity contribution in [3.8, 4) is 11.4 Å². The lowest BCUT2D eigenvalue weighted by molar-refractivity contribution is 0.453. The highest BCUT2D eigenvalue weighted by Crippen LogP contribution is 2.43. The van der Waals surface area contributed by atoms with Gasteiger partial charge in [0.1, 0.15) is 0 Å². The number of anilines is 1. The van der Waals surface area contributed by atoms with Crippen molar-refractivity contribution in [3.05, 3.63) is 48.8 Å². The molecule has 0 unspecified atom stereocenters. The van der Waals surface area contributed by atoms with Crippen LogP contribution in [0.15, 0.2) is 48.8 Å². The minimum atomic E-state index is 0.127. The Hall–Kier alpha value is -2.21. The van der Waals surface area contributed by atoms with Gasteiger partial charge in [-0.25, -0.2) is 0 Å². The van der Waals surface area contributed by atoms with E-state index in [-0.39, 0.29) is 5.54 Å². The smallest absolute Gasteiger partial charge is 0.202 e. The van der Waals surface area contributed by atoms with Gasteiger partial charge in [0.25, 0.3) is 0 Å². The highest BCUT2D eigenvalue weighted by Gasteiger charge is 2.45. The average molecular weight is 297 g/mol. The summed E-state index contributed by atoms with van der Waals surface area (Å²) >= 11 is 1.41. The molecule has 6 heteroatoms. The molecule has 1 aromatic carbocycles. The topological polar surface area (TPSA) is 55.6 Å². The molecular weight excluding hydrogens is 282 g/mol. The minimum Gasteiger partial charge on any atom is -0.358 e. The fourth-order valence-corrected chi connectivity index (χ4v) is 3.00.